The number of carbonyl (C=O) groups is 2. The molecule has 1 N–H and O–H groups in total. The fraction of sp³-hybridized carbons (Fsp3) is 0.600. The first-order valence-electron chi connectivity index (χ1n) is 7.56. The first kappa shape index (κ1) is 17.2. The topological polar surface area (TPSA) is 52.7 Å². The fourth-order valence-electron chi connectivity index (χ4n) is 3.02. The third kappa shape index (κ3) is 3.80. The van der Waals surface area contributed by atoms with Crippen LogP contribution in [0.5, 0.6) is 0 Å². The van der Waals surface area contributed by atoms with Crippen LogP contribution in [0.1, 0.15) is 23.2 Å². The lowest BCUT2D eigenvalue weighted by Crippen LogP contribution is -2.53. The maximum Gasteiger partial charge on any atom is 0.254 e. The monoisotopic (exact) mass is 343 g/mol. The number of piperidine rings is 1. The summed E-state index contributed by atoms with van der Waals surface area (Å²) in [6.45, 7) is 4.41. The molecule has 1 aromatic heterocycles. The summed E-state index contributed by atoms with van der Waals surface area (Å²) in [5, 5.41) is 7.09. The quantitative estimate of drug-likeness (QED) is 0.884. The van der Waals surface area contributed by atoms with Crippen molar-refractivity contribution in [2.24, 2.45) is 5.92 Å². The number of piperazine rings is 1. The van der Waals surface area contributed by atoms with Crippen molar-refractivity contribution >= 4 is 35.6 Å². The van der Waals surface area contributed by atoms with Crippen LogP contribution in [0.2, 0.25) is 0 Å². The van der Waals surface area contributed by atoms with E-state index in [2.05, 4.69) is 5.32 Å². The molecule has 0 radical (unpaired) electrons. The Labute approximate surface area is 141 Å². The summed E-state index contributed by atoms with van der Waals surface area (Å²) in [4.78, 5) is 28.5. The SMILES string of the molecule is Cl.O=C(c1ccsc1)N1CCN(C(=O)[C@@H]2CCCNC2)CC1. The highest BCUT2D eigenvalue weighted by Gasteiger charge is 2.29. The molecule has 0 saturated carbocycles. The average Bonchev–Trinajstić information content (AvgIpc) is 3.09. The molecule has 5 nitrogen and oxygen atoms in total. The molecule has 122 valence electrons. The van der Waals surface area contributed by atoms with Crippen molar-refractivity contribution < 1.29 is 9.59 Å². The van der Waals surface area contributed by atoms with Gasteiger partial charge in [-0.1, -0.05) is 0 Å². The zero-order chi connectivity index (χ0) is 14.7. The van der Waals surface area contributed by atoms with E-state index in [1.165, 1.54) is 11.3 Å². The first-order valence-corrected chi connectivity index (χ1v) is 8.51. The van der Waals surface area contributed by atoms with Crippen LogP contribution >= 0.6 is 23.7 Å². The van der Waals surface area contributed by atoms with E-state index in [0.29, 0.717) is 26.2 Å². The van der Waals surface area contributed by atoms with E-state index in [1.807, 2.05) is 26.6 Å². The average molecular weight is 344 g/mol. The van der Waals surface area contributed by atoms with Gasteiger partial charge in [0.05, 0.1) is 11.5 Å². The second-order valence-electron chi connectivity index (χ2n) is 5.67. The molecule has 7 heteroatoms. The first-order chi connectivity index (χ1) is 10.3. The van der Waals surface area contributed by atoms with Crippen LogP contribution in [0.15, 0.2) is 16.8 Å². The molecule has 2 saturated heterocycles. The lowest BCUT2D eigenvalue weighted by molar-refractivity contribution is -0.137. The van der Waals surface area contributed by atoms with Gasteiger partial charge in [0.2, 0.25) is 5.91 Å². The highest BCUT2D eigenvalue weighted by molar-refractivity contribution is 7.08. The maximum absolute atomic E-state index is 12.4. The predicted octanol–water partition coefficient (Wildman–Crippen LogP) is 1.45. The molecule has 0 bridgehead atoms. The highest BCUT2D eigenvalue weighted by atomic mass is 35.5. The molecule has 3 heterocycles. The molecular weight excluding hydrogens is 322 g/mol. The third-order valence-electron chi connectivity index (χ3n) is 4.29. The number of thiophene rings is 1. The fourth-order valence-corrected chi connectivity index (χ4v) is 3.65. The van der Waals surface area contributed by atoms with Gasteiger partial charge >= 0.3 is 0 Å². The van der Waals surface area contributed by atoms with Crippen molar-refractivity contribution in [1.82, 2.24) is 15.1 Å². The predicted molar refractivity (Wildman–Crippen MR) is 89.6 cm³/mol. The molecule has 1 aromatic rings. The number of nitrogens with one attached hydrogen (secondary N) is 1. The van der Waals surface area contributed by atoms with E-state index in [1.54, 1.807) is 0 Å². The van der Waals surface area contributed by atoms with E-state index in [-0.39, 0.29) is 30.1 Å². The molecule has 2 fully saturated rings. The summed E-state index contributed by atoms with van der Waals surface area (Å²) in [7, 11) is 0. The van der Waals surface area contributed by atoms with Gasteiger partial charge in [0.1, 0.15) is 0 Å². The van der Waals surface area contributed by atoms with Crippen LogP contribution in [0.25, 0.3) is 0 Å². The summed E-state index contributed by atoms with van der Waals surface area (Å²) in [6.07, 6.45) is 2.06. The van der Waals surface area contributed by atoms with E-state index in [4.69, 9.17) is 0 Å². The summed E-state index contributed by atoms with van der Waals surface area (Å²) in [5.74, 6) is 0.463. The Kier molecular flexibility index (Phi) is 6.23. The molecule has 0 unspecified atom stereocenters. The van der Waals surface area contributed by atoms with Crippen molar-refractivity contribution in [2.45, 2.75) is 12.8 Å². The summed E-state index contributed by atoms with van der Waals surface area (Å²) in [6, 6.07) is 1.86. The zero-order valence-electron chi connectivity index (χ0n) is 12.5. The van der Waals surface area contributed by atoms with Gasteiger partial charge in [-0.25, -0.2) is 0 Å². The van der Waals surface area contributed by atoms with Gasteiger partial charge in [-0.3, -0.25) is 9.59 Å². The minimum atomic E-state index is 0. The van der Waals surface area contributed by atoms with E-state index in [0.717, 1.165) is 31.5 Å². The Morgan fingerprint density at radius 1 is 1.18 bits per heavy atom. The minimum Gasteiger partial charge on any atom is -0.339 e. The maximum atomic E-state index is 12.4. The van der Waals surface area contributed by atoms with Gasteiger partial charge in [0.25, 0.3) is 5.91 Å². The standard InChI is InChI=1S/C15H21N3O2S.ClH/c19-14(12-2-1-4-16-10-12)17-5-7-18(8-6-17)15(20)13-3-9-21-11-13;/h3,9,11-12,16H,1-2,4-8,10H2;1H/t12-;/m1./s1. The van der Waals surface area contributed by atoms with Gasteiger partial charge in [-0.2, -0.15) is 11.3 Å². The Hall–Kier alpha value is -1.11. The van der Waals surface area contributed by atoms with Crippen molar-refractivity contribution in [3.8, 4) is 0 Å². The molecule has 1 atom stereocenters. The largest absolute Gasteiger partial charge is 0.339 e. The number of amides is 2. The summed E-state index contributed by atoms with van der Waals surface area (Å²) >= 11 is 1.54. The van der Waals surface area contributed by atoms with Gasteiger partial charge in [0.15, 0.2) is 0 Å². The Morgan fingerprint density at radius 3 is 2.50 bits per heavy atom. The lowest BCUT2D eigenvalue weighted by Gasteiger charge is -2.37. The molecule has 0 aromatic carbocycles. The summed E-state index contributed by atoms with van der Waals surface area (Å²) < 4.78 is 0. The van der Waals surface area contributed by atoms with Crippen LogP contribution in [-0.2, 0) is 4.79 Å². The Morgan fingerprint density at radius 2 is 1.91 bits per heavy atom. The second kappa shape index (κ2) is 7.94. The number of halogens is 1. The third-order valence-corrected chi connectivity index (χ3v) is 4.98. The molecule has 2 aliphatic rings. The van der Waals surface area contributed by atoms with E-state index >= 15 is 0 Å². The van der Waals surface area contributed by atoms with Crippen LogP contribution in [0.3, 0.4) is 0 Å². The van der Waals surface area contributed by atoms with Crippen LogP contribution in [-0.4, -0.2) is 60.9 Å². The Bertz CT molecular complexity index is 495. The highest BCUT2D eigenvalue weighted by Crippen LogP contribution is 2.16. The van der Waals surface area contributed by atoms with Gasteiger partial charge in [0, 0.05) is 38.1 Å². The van der Waals surface area contributed by atoms with Crippen molar-refractivity contribution in [3.05, 3.63) is 22.4 Å². The number of hydrogen-bond donors (Lipinski definition) is 1. The molecule has 22 heavy (non-hydrogen) atoms. The number of hydrogen-bond acceptors (Lipinski definition) is 4. The van der Waals surface area contributed by atoms with Gasteiger partial charge in [-0.15, -0.1) is 12.4 Å². The smallest absolute Gasteiger partial charge is 0.254 e. The van der Waals surface area contributed by atoms with Gasteiger partial charge < -0.3 is 15.1 Å². The van der Waals surface area contributed by atoms with Crippen LogP contribution in [0.4, 0.5) is 0 Å². The normalized spacial score (nSPS) is 22.1. The van der Waals surface area contributed by atoms with Crippen molar-refractivity contribution in [2.75, 3.05) is 39.3 Å². The summed E-state index contributed by atoms with van der Waals surface area (Å²) in [5.41, 5.74) is 0.760. The van der Waals surface area contributed by atoms with Crippen molar-refractivity contribution in [3.63, 3.8) is 0 Å². The molecule has 2 amide bonds. The van der Waals surface area contributed by atoms with E-state index in [9.17, 15) is 9.59 Å². The number of nitrogens with zero attached hydrogens (tertiary/aromatic N) is 2. The molecular formula is C15H22ClN3O2S. The van der Waals surface area contributed by atoms with Crippen LogP contribution < -0.4 is 5.32 Å². The van der Waals surface area contributed by atoms with Crippen molar-refractivity contribution in [1.29, 1.82) is 0 Å². The molecule has 0 spiro atoms. The number of carbonyl (C=O) groups excluding carboxylic acids is 2. The number of rotatable bonds is 2. The zero-order valence-corrected chi connectivity index (χ0v) is 14.1. The Balaban J connectivity index is 0.00000176. The minimum absolute atomic E-state index is 0. The van der Waals surface area contributed by atoms with Crippen LogP contribution in [0, 0.1) is 5.92 Å². The molecule has 2 aliphatic heterocycles. The second-order valence-corrected chi connectivity index (χ2v) is 6.45. The lowest BCUT2D eigenvalue weighted by atomic mass is 9.98. The molecule has 0 aliphatic carbocycles. The van der Waals surface area contributed by atoms with E-state index < -0.39 is 0 Å². The van der Waals surface area contributed by atoms with Gasteiger partial charge in [-0.05, 0) is 30.8 Å². The molecule has 3 rings (SSSR count).